The van der Waals surface area contributed by atoms with Crippen molar-refractivity contribution in [2.45, 2.75) is 17.8 Å². The van der Waals surface area contributed by atoms with E-state index in [1.165, 1.54) is 16.7 Å². The summed E-state index contributed by atoms with van der Waals surface area (Å²) in [5.74, 6) is 0.483. The SMILES string of the molecule is O=C(c1cccnc1)N1C=C2CC3C=CC2(C1)c1ccccc13. The van der Waals surface area contributed by atoms with Crippen LogP contribution in [0.5, 0.6) is 0 Å². The van der Waals surface area contributed by atoms with Gasteiger partial charge in [0.05, 0.1) is 11.0 Å². The van der Waals surface area contributed by atoms with Gasteiger partial charge in [0.2, 0.25) is 0 Å². The molecule has 6 rings (SSSR count). The molecule has 3 nitrogen and oxygen atoms in total. The van der Waals surface area contributed by atoms with Gasteiger partial charge in [0, 0.05) is 31.1 Å². The molecule has 1 aliphatic heterocycles. The molecule has 0 saturated heterocycles. The largest absolute Gasteiger partial charge is 0.313 e. The number of allylic oxidation sites excluding steroid dienone is 1. The zero-order valence-electron chi connectivity index (χ0n) is 12.6. The average molecular weight is 300 g/mol. The molecule has 2 atom stereocenters. The van der Waals surface area contributed by atoms with E-state index >= 15 is 0 Å². The first-order valence-electron chi connectivity index (χ1n) is 7.99. The van der Waals surface area contributed by atoms with E-state index < -0.39 is 0 Å². The average Bonchev–Trinajstić information content (AvgIpc) is 3.02. The molecule has 2 heterocycles. The van der Waals surface area contributed by atoms with Crippen molar-refractivity contribution in [3.05, 3.63) is 89.4 Å². The minimum atomic E-state index is -0.122. The molecule has 1 aromatic heterocycles. The summed E-state index contributed by atoms with van der Waals surface area (Å²) < 4.78 is 0. The van der Waals surface area contributed by atoms with Crippen molar-refractivity contribution in [1.29, 1.82) is 0 Å². The molecule has 2 unspecified atom stereocenters. The molecule has 0 radical (unpaired) electrons. The summed E-state index contributed by atoms with van der Waals surface area (Å²) in [4.78, 5) is 18.7. The number of aromatic nitrogens is 1. The number of carbonyl (C=O) groups excluding carboxylic acids is 1. The number of benzene rings is 1. The summed E-state index contributed by atoms with van der Waals surface area (Å²) in [6.45, 7) is 0.691. The van der Waals surface area contributed by atoms with Crippen LogP contribution in [0, 0.1) is 0 Å². The topological polar surface area (TPSA) is 33.2 Å². The van der Waals surface area contributed by atoms with Crippen molar-refractivity contribution in [3.8, 4) is 0 Å². The van der Waals surface area contributed by atoms with Crippen LogP contribution in [-0.4, -0.2) is 22.3 Å². The summed E-state index contributed by atoms with van der Waals surface area (Å²) in [6, 6.07) is 12.3. The number of carbonyl (C=O) groups is 1. The fraction of sp³-hybridized carbons (Fsp3) is 0.200. The van der Waals surface area contributed by atoms with Crippen LogP contribution in [0.2, 0.25) is 0 Å². The summed E-state index contributed by atoms with van der Waals surface area (Å²) in [5, 5.41) is 0. The molecular formula is C20H16N2O. The monoisotopic (exact) mass is 300 g/mol. The molecule has 4 aliphatic rings. The van der Waals surface area contributed by atoms with Crippen LogP contribution in [0.15, 0.2) is 72.7 Å². The molecule has 3 heteroatoms. The third kappa shape index (κ3) is 1.65. The van der Waals surface area contributed by atoms with Gasteiger partial charge in [0.25, 0.3) is 5.91 Å². The fourth-order valence-electron chi connectivity index (χ4n) is 4.27. The lowest BCUT2D eigenvalue weighted by molar-refractivity contribution is 0.0822. The number of rotatable bonds is 1. The molecule has 112 valence electrons. The van der Waals surface area contributed by atoms with Crippen LogP contribution >= 0.6 is 0 Å². The van der Waals surface area contributed by atoms with Crippen LogP contribution in [-0.2, 0) is 5.41 Å². The van der Waals surface area contributed by atoms with Gasteiger partial charge in [0.1, 0.15) is 0 Å². The number of amides is 1. The number of pyridine rings is 1. The van der Waals surface area contributed by atoms with Crippen molar-refractivity contribution in [1.82, 2.24) is 9.88 Å². The molecule has 0 saturated carbocycles. The van der Waals surface area contributed by atoms with Crippen LogP contribution in [0.1, 0.15) is 33.8 Å². The summed E-state index contributed by atoms with van der Waals surface area (Å²) in [7, 11) is 0. The van der Waals surface area contributed by atoms with Crippen molar-refractivity contribution < 1.29 is 4.79 Å². The highest BCUT2D eigenvalue weighted by molar-refractivity contribution is 5.95. The standard InChI is InChI=1S/C20H16N2O/c23-19(15-4-3-9-21-11-15)22-12-16-10-14-7-8-20(16,13-22)18-6-2-1-5-17(14)18/h1-9,11-12,14H,10,13H2. The Hall–Kier alpha value is -2.68. The number of nitrogens with zero attached hydrogens (tertiary/aromatic N) is 2. The minimum Gasteiger partial charge on any atom is -0.313 e. The van der Waals surface area contributed by atoms with Crippen LogP contribution in [0.3, 0.4) is 0 Å². The Bertz CT molecular complexity index is 868. The van der Waals surface area contributed by atoms with Crippen molar-refractivity contribution in [2.75, 3.05) is 6.54 Å². The molecule has 1 spiro atoms. The zero-order chi connectivity index (χ0) is 15.4. The molecule has 3 aliphatic carbocycles. The molecule has 1 aromatic carbocycles. The maximum atomic E-state index is 12.8. The van der Waals surface area contributed by atoms with Gasteiger partial charge in [-0.15, -0.1) is 0 Å². The third-order valence-corrected chi connectivity index (χ3v) is 5.37. The number of hydrogen-bond acceptors (Lipinski definition) is 2. The number of hydrogen-bond donors (Lipinski definition) is 0. The van der Waals surface area contributed by atoms with E-state index in [1.54, 1.807) is 12.4 Å². The molecule has 0 N–H and O–H groups in total. The van der Waals surface area contributed by atoms with Gasteiger partial charge in [-0.05, 0) is 35.3 Å². The molecule has 0 fully saturated rings. The lowest BCUT2D eigenvalue weighted by Gasteiger charge is -2.43. The molecule has 23 heavy (non-hydrogen) atoms. The second-order valence-electron chi connectivity index (χ2n) is 6.56. The Labute approximate surface area is 135 Å². The van der Waals surface area contributed by atoms with Gasteiger partial charge in [-0.3, -0.25) is 9.78 Å². The first-order chi connectivity index (χ1) is 11.3. The molecular weight excluding hydrogens is 284 g/mol. The molecule has 2 bridgehead atoms. The van der Waals surface area contributed by atoms with E-state index in [0.29, 0.717) is 18.0 Å². The molecule has 2 aromatic rings. The highest BCUT2D eigenvalue weighted by atomic mass is 16.2. The van der Waals surface area contributed by atoms with E-state index in [4.69, 9.17) is 0 Å². The van der Waals surface area contributed by atoms with Gasteiger partial charge in [-0.2, -0.15) is 0 Å². The first kappa shape index (κ1) is 12.8. The Morgan fingerprint density at radius 1 is 1.22 bits per heavy atom. The van der Waals surface area contributed by atoms with E-state index in [1.807, 2.05) is 17.0 Å². The predicted octanol–water partition coefficient (Wildman–Crippen LogP) is 3.42. The van der Waals surface area contributed by atoms with Gasteiger partial charge in [-0.1, -0.05) is 36.4 Å². The van der Waals surface area contributed by atoms with Crippen molar-refractivity contribution >= 4 is 5.91 Å². The van der Waals surface area contributed by atoms with Crippen molar-refractivity contribution in [3.63, 3.8) is 0 Å². The maximum absolute atomic E-state index is 12.8. The van der Waals surface area contributed by atoms with Crippen molar-refractivity contribution in [2.24, 2.45) is 0 Å². The lowest BCUT2D eigenvalue weighted by Crippen LogP contribution is -2.40. The van der Waals surface area contributed by atoms with Crippen LogP contribution in [0.25, 0.3) is 0 Å². The highest BCUT2D eigenvalue weighted by Gasteiger charge is 2.49. The van der Waals surface area contributed by atoms with Crippen LogP contribution in [0.4, 0.5) is 0 Å². The van der Waals surface area contributed by atoms with Crippen LogP contribution < -0.4 is 0 Å². The lowest BCUT2D eigenvalue weighted by atomic mass is 9.60. The smallest absolute Gasteiger partial charge is 0.259 e. The summed E-state index contributed by atoms with van der Waals surface area (Å²) >= 11 is 0. The Balaban J connectivity index is 1.58. The quantitative estimate of drug-likeness (QED) is 0.756. The van der Waals surface area contributed by atoms with Gasteiger partial charge in [0.15, 0.2) is 0 Å². The highest BCUT2D eigenvalue weighted by Crippen LogP contribution is 2.54. The zero-order valence-corrected chi connectivity index (χ0v) is 12.6. The van der Waals surface area contributed by atoms with Gasteiger partial charge >= 0.3 is 0 Å². The van der Waals surface area contributed by atoms with E-state index in [0.717, 1.165) is 6.42 Å². The summed E-state index contributed by atoms with van der Waals surface area (Å²) in [6.07, 6.45) is 11.1. The van der Waals surface area contributed by atoms with Gasteiger partial charge in [-0.25, -0.2) is 0 Å². The maximum Gasteiger partial charge on any atom is 0.259 e. The Kier molecular flexibility index (Phi) is 2.46. The fourth-order valence-corrected chi connectivity index (χ4v) is 4.27. The summed E-state index contributed by atoms with van der Waals surface area (Å²) in [5.41, 5.74) is 4.67. The van der Waals surface area contributed by atoms with E-state index in [-0.39, 0.29) is 11.3 Å². The van der Waals surface area contributed by atoms with E-state index in [9.17, 15) is 4.79 Å². The molecule has 1 amide bonds. The second-order valence-corrected chi connectivity index (χ2v) is 6.56. The third-order valence-electron chi connectivity index (χ3n) is 5.37. The Morgan fingerprint density at radius 3 is 3.00 bits per heavy atom. The normalized spacial score (nSPS) is 26.7. The Morgan fingerprint density at radius 2 is 2.13 bits per heavy atom. The first-order valence-corrected chi connectivity index (χ1v) is 7.99. The second kappa shape index (κ2) is 4.42. The minimum absolute atomic E-state index is 0.0312. The van der Waals surface area contributed by atoms with Gasteiger partial charge < -0.3 is 4.90 Å². The predicted molar refractivity (Wildman–Crippen MR) is 88.0 cm³/mol. The van der Waals surface area contributed by atoms with E-state index in [2.05, 4.69) is 47.6 Å².